The summed E-state index contributed by atoms with van der Waals surface area (Å²) in [6.07, 6.45) is 10.6. The molecule has 0 spiro atoms. The average Bonchev–Trinajstić information content (AvgIpc) is 3.05. The Balaban J connectivity index is 0.00000121. The van der Waals surface area contributed by atoms with E-state index in [1.54, 1.807) is 0 Å². The summed E-state index contributed by atoms with van der Waals surface area (Å²) in [5.41, 5.74) is 0. The van der Waals surface area contributed by atoms with Gasteiger partial charge in [-0.05, 0) is 81.0 Å². The molecule has 7 atom stereocenters. The zero-order valence-corrected chi connectivity index (χ0v) is 14.4. The number of hydrogen-bond acceptors (Lipinski definition) is 3. The molecule has 0 aromatic heterocycles. The van der Waals surface area contributed by atoms with E-state index in [2.05, 4.69) is 30.3 Å². The van der Waals surface area contributed by atoms with E-state index in [1.807, 2.05) is 0 Å². The first-order valence-electron chi connectivity index (χ1n) is 7.76. The molecule has 0 heterocycles. The molecule has 0 saturated heterocycles. The van der Waals surface area contributed by atoms with Crippen molar-refractivity contribution < 1.29 is 28.1 Å². The van der Waals surface area contributed by atoms with Crippen LogP contribution >= 0.6 is 12.0 Å². The van der Waals surface area contributed by atoms with Crippen LogP contribution in [0.4, 0.5) is 0 Å². The molecule has 4 aliphatic rings. The van der Waals surface area contributed by atoms with E-state index in [1.165, 1.54) is 37.7 Å². The van der Waals surface area contributed by atoms with Gasteiger partial charge in [0.2, 0.25) is 0 Å². The van der Waals surface area contributed by atoms with Crippen molar-refractivity contribution in [3.8, 4) is 0 Å². The second-order valence-electron chi connectivity index (χ2n) is 7.88. The van der Waals surface area contributed by atoms with Crippen molar-refractivity contribution in [3.63, 3.8) is 0 Å². The third-order valence-corrected chi connectivity index (χ3v) is 7.12. The number of fused-ring (bicyclic) bond motifs is 9. The van der Waals surface area contributed by atoms with Gasteiger partial charge in [-0.15, -0.1) is 0 Å². The van der Waals surface area contributed by atoms with E-state index in [0.29, 0.717) is 0 Å². The molecule has 0 aromatic carbocycles. The first-order chi connectivity index (χ1) is 9.09. The third-order valence-electron chi connectivity index (χ3n) is 6.42. The fraction of sp³-hybridized carbons (Fsp3) is 0.875. The summed E-state index contributed by atoms with van der Waals surface area (Å²) in [4.78, 5) is 0. The Bertz CT molecular complexity index is 411. The van der Waals surface area contributed by atoms with Crippen LogP contribution in [0.2, 0.25) is 0 Å². The molecule has 7 unspecified atom stereocenters. The van der Waals surface area contributed by atoms with E-state index in [4.69, 9.17) is 5.26 Å². The Labute approximate surface area is 138 Å². The Morgan fingerprint density at radius 3 is 2.55 bits per heavy atom. The summed E-state index contributed by atoms with van der Waals surface area (Å²) < 4.78 is 4.37. The smallest absolute Gasteiger partial charge is 0.0400 e. The summed E-state index contributed by atoms with van der Waals surface area (Å²) in [5.74, 6) is 6.66. The van der Waals surface area contributed by atoms with Crippen LogP contribution < -0.4 is 0 Å². The summed E-state index contributed by atoms with van der Waals surface area (Å²) >= 11 is 1.23. The van der Waals surface area contributed by atoms with Crippen molar-refractivity contribution in [2.45, 2.75) is 44.3 Å². The molecule has 0 amide bonds. The molecule has 0 aromatic rings. The first-order valence-corrected chi connectivity index (χ1v) is 8.51. The minimum Gasteiger partial charge on any atom is -0.239 e. The molecule has 0 aliphatic heterocycles. The van der Waals surface area contributed by atoms with Crippen LogP contribution in [0.25, 0.3) is 0 Å². The summed E-state index contributed by atoms with van der Waals surface area (Å²) in [6.45, 7) is 4.39. The van der Waals surface area contributed by atoms with Gasteiger partial charge < -0.3 is 0 Å². The molecule has 4 rings (SSSR count). The molecular formula is C16H24O2SV. The zero-order chi connectivity index (χ0) is 13.2. The van der Waals surface area contributed by atoms with Crippen LogP contribution in [0, 0.1) is 41.4 Å². The second-order valence-corrected chi connectivity index (χ2v) is 9.30. The summed E-state index contributed by atoms with van der Waals surface area (Å²) in [6, 6.07) is 0. The number of hydrogen-bond donors (Lipinski definition) is 1. The molecule has 1 N–H and O–H groups in total. The van der Waals surface area contributed by atoms with Gasteiger partial charge in [0.25, 0.3) is 0 Å². The van der Waals surface area contributed by atoms with Crippen LogP contribution in [-0.4, -0.2) is 10.0 Å². The minimum absolute atomic E-state index is 0. The predicted octanol–water partition coefficient (Wildman–Crippen LogP) is 4.38. The third kappa shape index (κ3) is 2.25. The quantitative estimate of drug-likeness (QED) is 0.272. The van der Waals surface area contributed by atoms with Crippen LogP contribution in [-0.2, 0) is 22.9 Å². The maximum Gasteiger partial charge on any atom is 0.0400 e. The van der Waals surface area contributed by atoms with Gasteiger partial charge in [-0.25, -0.2) is 5.26 Å². The Kier molecular flexibility index (Phi) is 4.14. The van der Waals surface area contributed by atoms with Crippen LogP contribution in [0.3, 0.4) is 0 Å². The van der Waals surface area contributed by atoms with Gasteiger partial charge in [0.1, 0.15) is 0 Å². The summed E-state index contributed by atoms with van der Waals surface area (Å²) in [7, 11) is 0. The van der Waals surface area contributed by atoms with Gasteiger partial charge in [-0.3, -0.25) is 0 Å². The van der Waals surface area contributed by atoms with E-state index in [9.17, 15) is 0 Å². The fourth-order valence-electron chi connectivity index (χ4n) is 6.15. The molecule has 2 nitrogen and oxygen atoms in total. The molecule has 111 valence electrons. The minimum atomic E-state index is 0. The normalized spacial score (nSPS) is 47.6. The number of allylic oxidation sites excluding steroid dienone is 2. The molecule has 1 radical (unpaired) electrons. The van der Waals surface area contributed by atoms with E-state index < -0.39 is 0 Å². The molecule has 3 saturated carbocycles. The van der Waals surface area contributed by atoms with Crippen molar-refractivity contribution >= 4 is 12.0 Å². The molecule has 4 aliphatic carbocycles. The van der Waals surface area contributed by atoms with E-state index in [-0.39, 0.29) is 23.3 Å². The monoisotopic (exact) mass is 331 g/mol. The molecular weight excluding hydrogens is 307 g/mol. The van der Waals surface area contributed by atoms with Crippen LogP contribution in [0.1, 0.15) is 39.5 Å². The maximum atomic E-state index is 8.70. The van der Waals surface area contributed by atoms with Crippen LogP contribution in [0.5, 0.6) is 0 Å². The topological polar surface area (TPSA) is 29.5 Å². The fourth-order valence-corrected chi connectivity index (χ4v) is 6.64. The van der Waals surface area contributed by atoms with Gasteiger partial charge in [-0.2, -0.15) is 4.33 Å². The zero-order valence-electron chi connectivity index (χ0n) is 12.2. The van der Waals surface area contributed by atoms with Gasteiger partial charge in [-0.1, -0.05) is 12.2 Å². The van der Waals surface area contributed by atoms with Crippen molar-refractivity contribution in [1.29, 1.82) is 0 Å². The van der Waals surface area contributed by atoms with Crippen molar-refractivity contribution in [2.24, 2.45) is 41.4 Å². The van der Waals surface area contributed by atoms with Gasteiger partial charge in [0.15, 0.2) is 0 Å². The van der Waals surface area contributed by atoms with Crippen molar-refractivity contribution in [2.75, 3.05) is 0 Å². The summed E-state index contributed by atoms with van der Waals surface area (Å²) in [5, 5.41) is 8.70. The van der Waals surface area contributed by atoms with Gasteiger partial charge in [0.05, 0.1) is 0 Å². The predicted molar refractivity (Wildman–Crippen MR) is 77.4 cm³/mol. The standard InChI is InChI=1S/C16H24O2S.V/c1-16(2,19-18-17)8-12-6-11-7-13(12)15-10-4-3-9(5-10)14(11)15;/h3-4,9-15,17H,5-8H2,1-2H3;. The molecule has 20 heavy (non-hydrogen) atoms. The van der Waals surface area contributed by atoms with E-state index in [0.717, 1.165) is 41.4 Å². The van der Waals surface area contributed by atoms with Crippen molar-refractivity contribution in [1.82, 2.24) is 0 Å². The van der Waals surface area contributed by atoms with Gasteiger partial charge in [0, 0.05) is 35.3 Å². The second kappa shape index (κ2) is 5.35. The SMILES string of the molecule is CC(C)(CC1CC2CC1C1C3C=CC(C3)C21)SOO.[V]. The molecule has 4 bridgehead atoms. The molecule has 3 fully saturated rings. The maximum absolute atomic E-state index is 8.70. The first kappa shape index (κ1) is 15.5. The van der Waals surface area contributed by atoms with Crippen molar-refractivity contribution in [3.05, 3.63) is 12.2 Å². The van der Waals surface area contributed by atoms with E-state index >= 15 is 0 Å². The van der Waals surface area contributed by atoms with Gasteiger partial charge >= 0.3 is 0 Å². The Hall–Kier alpha value is 0.594. The average molecular weight is 331 g/mol. The Morgan fingerprint density at radius 1 is 1.15 bits per heavy atom. The molecule has 4 heteroatoms. The largest absolute Gasteiger partial charge is 0.239 e. The number of rotatable bonds is 4. The Morgan fingerprint density at radius 2 is 1.85 bits per heavy atom. The van der Waals surface area contributed by atoms with Crippen LogP contribution in [0.15, 0.2) is 12.2 Å².